The van der Waals surface area contributed by atoms with Crippen molar-refractivity contribution in [3.05, 3.63) is 182 Å². The summed E-state index contributed by atoms with van der Waals surface area (Å²) in [6.07, 6.45) is 0. The molecule has 0 bridgehead atoms. The first-order chi connectivity index (χ1) is 25.3. The SMILES string of the molecule is c1ccc(-c2nc3c4c(-c5ccc(-c6cccc(-c7cccc8ccccc78)n6)cc5)nc5ccccc5c4ccc3n2-c2ccccc2)cc1. The number of para-hydroxylation sites is 2. The van der Waals surface area contributed by atoms with Crippen LogP contribution >= 0.6 is 0 Å². The maximum Gasteiger partial charge on any atom is 0.145 e. The first kappa shape index (κ1) is 29.0. The molecule has 0 atom stereocenters. The van der Waals surface area contributed by atoms with E-state index in [-0.39, 0.29) is 0 Å². The predicted octanol–water partition coefficient (Wildman–Crippen LogP) is 11.9. The van der Waals surface area contributed by atoms with Crippen molar-refractivity contribution in [3.8, 4) is 50.8 Å². The normalized spacial score (nSPS) is 11.5. The second-order valence-corrected chi connectivity index (χ2v) is 12.8. The summed E-state index contributed by atoms with van der Waals surface area (Å²) in [5.41, 5.74) is 11.1. The Morgan fingerprint density at radius 1 is 0.392 bits per heavy atom. The Kier molecular flexibility index (Phi) is 6.78. The van der Waals surface area contributed by atoms with Gasteiger partial charge in [-0.15, -0.1) is 0 Å². The van der Waals surface area contributed by atoms with Crippen molar-refractivity contribution in [2.45, 2.75) is 0 Å². The molecule has 0 amide bonds. The summed E-state index contributed by atoms with van der Waals surface area (Å²) in [4.78, 5) is 15.9. The molecule has 51 heavy (non-hydrogen) atoms. The molecule has 0 aliphatic heterocycles. The minimum absolute atomic E-state index is 0.899. The molecule has 3 heterocycles. The lowest BCUT2D eigenvalue weighted by Gasteiger charge is -2.13. The summed E-state index contributed by atoms with van der Waals surface area (Å²) in [5.74, 6) is 0.899. The maximum atomic E-state index is 5.42. The minimum Gasteiger partial charge on any atom is -0.292 e. The van der Waals surface area contributed by atoms with Crippen LogP contribution in [0.2, 0.25) is 0 Å². The smallest absolute Gasteiger partial charge is 0.145 e. The Morgan fingerprint density at radius 3 is 1.90 bits per heavy atom. The average molecular weight is 651 g/mol. The van der Waals surface area contributed by atoms with Crippen molar-refractivity contribution >= 4 is 43.5 Å². The van der Waals surface area contributed by atoms with Crippen LogP contribution < -0.4 is 0 Å². The first-order valence-corrected chi connectivity index (χ1v) is 17.2. The summed E-state index contributed by atoms with van der Waals surface area (Å²) < 4.78 is 2.26. The molecule has 4 nitrogen and oxygen atoms in total. The summed E-state index contributed by atoms with van der Waals surface area (Å²) in [6.45, 7) is 0. The fourth-order valence-electron chi connectivity index (χ4n) is 7.40. The summed E-state index contributed by atoms with van der Waals surface area (Å²) in [7, 11) is 0. The van der Waals surface area contributed by atoms with Crippen LogP contribution in [0.25, 0.3) is 94.3 Å². The molecule has 4 heteroatoms. The first-order valence-electron chi connectivity index (χ1n) is 17.2. The standard InChI is InChI=1S/C47H30N4/c1-3-14-34(15-4-1)47-50-46-43(51(47)35-17-5-2-6-18-35)30-29-39-38-20-9-10-22-42(38)49-45(44(39)46)33-27-25-32(26-28-33)40-23-12-24-41(48-40)37-21-11-16-31-13-7-8-19-36(31)37/h1-30H. The molecule has 0 aliphatic rings. The van der Waals surface area contributed by atoms with Gasteiger partial charge in [0, 0.05) is 38.7 Å². The second kappa shape index (κ2) is 11.9. The second-order valence-electron chi connectivity index (χ2n) is 12.8. The molecule has 0 N–H and O–H groups in total. The van der Waals surface area contributed by atoms with Crippen LogP contribution in [0, 0.1) is 0 Å². The van der Waals surface area contributed by atoms with Gasteiger partial charge in [-0.2, -0.15) is 0 Å². The van der Waals surface area contributed by atoms with E-state index in [2.05, 4.69) is 174 Å². The number of nitrogens with zero attached hydrogens (tertiary/aromatic N) is 4. The minimum atomic E-state index is 0.899. The molecule has 3 aromatic heterocycles. The molecule has 0 saturated carbocycles. The third-order valence-electron chi connectivity index (χ3n) is 9.81. The van der Waals surface area contributed by atoms with Crippen LogP contribution in [-0.2, 0) is 0 Å². The quantitative estimate of drug-likeness (QED) is 0.174. The molecule has 0 aliphatic carbocycles. The zero-order valence-electron chi connectivity index (χ0n) is 27.6. The topological polar surface area (TPSA) is 43.6 Å². The van der Waals surface area contributed by atoms with Crippen LogP contribution in [0.15, 0.2) is 182 Å². The van der Waals surface area contributed by atoms with Crippen molar-refractivity contribution in [2.24, 2.45) is 0 Å². The van der Waals surface area contributed by atoms with Gasteiger partial charge >= 0.3 is 0 Å². The van der Waals surface area contributed by atoms with Gasteiger partial charge in [0.25, 0.3) is 0 Å². The Labute approximate surface area is 295 Å². The van der Waals surface area contributed by atoms with Gasteiger partial charge in [-0.25, -0.2) is 15.0 Å². The highest BCUT2D eigenvalue weighted by molar-refractivity contribution is 6.20. The molecule has 238 valence electrons. The lowest BCUT2D eigenvalue weighted by molar-refractivity contribution is 1.10. The summed E-state index contributed by atoms with van der Waals surface area (Å²) >= 11 is 0. The summed E-state index contributed by atoms with van der Waals surface area (Å²) in [5, 5.41) is 5.70. The Bertz CT molecular complexity index is 2890. The van der Waals surface area contributed by atoms with Gasteiger partial charge in [-0.3, -0.25) is 4.57 Å². The van der Waals surface area contributed by atoms with Crippen molar-refractivity contribution in [1.29, 1.82) is 0 Å². The molecule has 10 aromatic rings. The fourth-order valence-corrected chi connectivity index (χ4v) is 7.40. The molecule has 0 spiro atoms. The molecule has 0 radical (unpaired) electrons. The number of benzene rings is 7. The van der Waals surface area contributed by atoms with E-state index in [0.717, 1.165) is 83.6 Å². The van der Waals surface area contributed by atoms with E-state index in [4.69, 9.17) is 15.0 Å². The highest BCUT2D eigenvalue weighted by Gasteiger charge is 2.21. The van der Waals surface area contributed by atoms with E-state index in [1.165, 1.54) is 10.8 Å². The maximum absolute atomic E-state index is 5.42. The van der Waals surface area contributed by atoms with Gasteiger partial charge in [0.05, 0.1) is 33.6 Å². The van der Waals surface area contributed by atoms with Crippen molar-refractivity contribution < 1.29 is 0 Å². The lowest BCUT2D eigenvalue weighted by atomic mass is 9.97. The van der Waals surface area contributed by atoms with E-state index in [9.17, 15) is 0 Å². The van der Waals surface area contributed by atoms with Gasteiger partial charge in [0.1, 0.15) is 5.82 Å². The number of aromatic nitrogens is 4. The van der Waals surface area contributed by atoms with E-state index in [0.29, 0.717) is 0 Å². The molecular weight excluding hydrogens is 621 g/mol. The van der Waals surface area contributed by atoms with E-state index < -0.39 is 0 Å². The Balaban J connectivity index is 1.16. The third-order valence-corrected chi connectivity index (χ3v) is 9.81. The Hall–Kier alpha value is -6.91. The van der Waals surface area contributed by atoms with Gasteiger partial charge in [0.2, 0.25) is 0 Å². The molecular formula is C47H30N4. The average Bonchev–Trinajstić information content (AvgIpc) is 3.61. The molecule has 10 rings (SSSR count). The number of fused-ring (bicyclic) bond motifs is 6. The molecule has 7 aromatic carbocycles. The van der Waals surface area contributed by atoms with Crippen LogP contribution in [0.5, 0.6) is 0 Å². The largest absolute Gasteiger partial charge is 0.292 e. The number of rotatable bonds is 5. The molecule has 0 unspecified atom stereocenters. The predicted molar refractivity (Wildman–Crippen MR) is 211 cm³/mol. The third kappa shape index (κ3) is 4.88. The summed E-state index contributed by atoms with van der Waals surface area (Å²) in [6, 6.07) is 63.5. The van der Waals surface area contributed by atoms with Crippen LogP contribution in [-0.4, -0.2) is 19.5 Å². The highest BCUT2D eigenvalue weighted by Crippen LogP contribution is 2.40. The van der Waals surface area contributed by atoms with Crippen LogP contribution in [0.1, 0.15) is 0 Å². The van der Waals surface area contributed by atoms with E-state index in [1.54, 1.807) is 0 Å². The number of pyridine rings is 2. The van der Waals surface area contributed by atoms with Crippen LogP contribution in [0.3, 0.4) is 0 Å². The van der Waals surface area contributed by atoms with Crippen molar-refractivity contribution in [3.63, 3.8) is 0 Å². The monoisotopic (exact) mass is 650 g/mol. The zero-order chi connectivity index (χ0) is 33.7. The highest BCUT2D eigenvalue weighted by atomic mass is 15.1. The van der Waals surface area contributed by atoms with Crippen LogP contribution in [0.4, 0.5) is 0 Å². The van der Waals surface area contributed by atoms with E-state index >= 15 is 0 Å². The lowest BCUT2D eigenvalue weighted by Crippen LogP contribution is -1.97. The Morgan fingerprint density at radius 2 is 1.06 bits per heavy atom. The fraction of sp³-hybridized carbons (Fsp3) is 0. The van der Waals surface area contributed by atoms with Crippen molar-refractivity contribution in [2.75, 3.05) is 0 Å². The zero-order valence-corrected chi connectivity index (χ0v) is 27.6. The van der Waals surface area contributed by atoms with Crippen molar-refractivity contribution in [1.82, 2.24) is 19.5 Å². The van der Waals surface area contributed by atoms with Gasteiger partial charge in [-0.1, -0.05) is 146 Å². The van der Waals surface area contributed by atoms with Gasteiger partial charge < -0.3 is 0 Å². The molecule has 0 fully saturated rings. The number of hydrogen-bond acceptors (Lipinski definition) is 3. The van der Waals surface area contributed by atoms with E-state index in [1.807, 2.05) is 12.1 Å². The van der Waals surface area contributed by atoms with Gasteiger partial charge in [0.15, 0.2) is 0 Å². The van der Waals surface area contributed by atoms with Gasteiger partial charge in [-0.05, 0) is 52.6 Å². The molecule has 0 saturated heterocycles. The number of hydrogen-bond donors (Lipinski definition) is 0. The number of imidazole rings is 1.